The highest BCUT2D eigenvalue weighted by Crippen LogP contribution is 2.36. The molecule has 2 fully saturated rings. The number of amides is 1. The van der Waals surface area contributed by atoms with Crippen LogP contribution in [-0.4, -0.2) is 66.0 Å². The second-order valence-electron chi connectivity index (χ2n) is 8.79. The number of aromatic amines is 1. The number of nitrogens with one attached hydrogen (secondary N) is 2. The molecule has 0 radical (unpaired) electrons. The van der Waals surface area contributed by atoms with Crippen molar-refractivity contribution in [3.05, 3.63) is 46.0 Å². The maximum atomic E-state index is 13.4. The van der Waals surface area contributed by atoms with Crippen LogP contribution < -0.4 is 20.7 Å². The summed E-state index contributed by atoms with van der Waals surface area (Å²) in [5, 5.41) is 17.2. The lowest BCUT2D eigenvalue weighted by Crippen LogP contribution is -2.38. The first-order valence-corrected chi connectivity index (χ1v) is 11.7. The summed E-state index contributed by atoms with van der Waals surface area (Å²) < 4.78 is 45.9. The van der Waals surface area contributed by atoms with Gasteiger partial charge in [0, 0.05) is 38.3 Å². The van der Waals surface area contributed by atoms with Gasteiger partial charge in [0.1, 0.15) is 17.5 Å². The minimum absolute atomic E-state index is 0.0373. The number of carbonyl (C=O) groups is 1. The van der Waals surface area contributed by atoms with Crippen molar-refractivity contribution in [3.63, 3.8) is 0 Å². The summed E-state index contributed by atoms with van der Waals surface area (Å²) in [6.45, 7) is 1.96. The molecule has 2 N–H and O–H groups in total. The van der Waals surface area contributed by atoms with Crippen LogP contribution in [-0.2, 0) is 15.7 Å². The maximum absolute atomic E-state index is 13.4. The number of hydrogen-bond acceptors (Lipinski definition) is 8. The van der Waals surface area contributed by atoms with Gasteiger partial charge in [0.2, 0.25) is 5.91 Å². The van der Waals surface area contributed by atoms with Gasteiger partial charge in [-0.05, 0) is 31.4 Å². The number of aromatic nitrogens is 3. The van der Waals surface area contributed by atoms with Crippen LogP contribution in [0.4, 0.5) is 24.7 Å². The quantitative estimate of drug-likeness (QED) is 0.521. The van der Waals surface area contributed by atoms with Gasteiger partial charge in [0.05, 0.1) is 36.7 Å². The molecule has 36 heavy (non-hydrogen) atoms. The molecular weight excluding hydrogens is 479 g/mol. The number of ether oxygens (including phenoxy) is 1. The van der Waals surface area contributed by atoms with Crippen LogP contribution in [0.1, 0.15) is 36.8 Å². The highest BCUT2D eigenvalue weighted by atomic mass is 19.4. The summed E-state index contributed by atoms with van der Waals surface area (Å²) in [4.78, 5) is 32.0. The first kappa shape index (κ1) is 25.4. The molecule has 2 saturated heterocycles. The molecule has 0 spiro atoms. The molecule has 0 aromatic carbocycles. The van der Waals surface area contributed by atoms with E-state index in [9.17, 15) is 22.8 Å². The van der Waals surface area contributed by atoms with Crippen LogP contribution in [0.2, 0.25) is 0 Å². The van der Waals surface area contributed by atoms with Crippen molar-refractivity contribution < 1.29 is 22.7 Å². The number of anilines is 2. The first-order chi connectivity index (χ1) is 17.3. The lowest BCUT2D eigenvalue weighted by atomic mass is 10.2. The van der Waals surface area contributed by atoms with Crippen molar-refractivity contribution in [1.29, 1.82) is 5.26 Å². The monoisotopic (exact) mass is 505 g/mol. The van der Waals surface area contributed by atoms with Gasteiger partial charge < -0.3 is 19.9 Å². The van der Waals surface area contributed by atoms with Crippen molar-refractivity contribution in [2.24, 2.45) is 0 Å². The Kier molecular flexibility index (Phi) is 7.73. The van der Waals surface area contributed by atoms with E-state index in [0.717, 1.165) is 25.0 Å². The van der Waals surface area contributed by atoms with Crippen molar-refractivity contribution >= 4 is 17.4 Å². The van der Waals surface area contributed by atoms with E-state index in [-0.39, 0.29) is 43.3 Å². The predicted octanol–water partition coefficient (Wildman–Crippen LogP) is 1.83. The predicted molar refractivity (Wildman–Crippen MR) is 123 cm³/mol. The molecule has 4 heterocycles. The van der Waals surface area contributed by atoms with Crippen LogP contribution in [0, 0.1) is 11.3 Å². The molecule has 0 saturated carbocycles. The van der Waals surface area contributed by atoms with E-state index in [1.807, 2.05) is 16.1 Å². The van der Waals surface area contributed by atoms with Crippen molar-refractivity contribution in [2.75, 3.05) is 42.6 Å². The summed E-state index contributed by atoms with van der Waals surface area (Å²) in [5.41, 5.74) is -2.30. The second kappa shape index (κ2) is 10.9. The number of alkyl halides is 3. The molecular formula is C23H26F3N7O3. The molecule has 1 amide bonds. The van der Waals surface area contributed by atoms with E-state index in [2.05, 4.69) is 15.4 Å². The number of nitrogens with zero attached hydrogens (tertiary/aromatic N) is 5. The summed E-state index contributed by atoms with van der Waals surface area (Å²) in [7, 11) is 0. The molecule has 192 valence electrons. The average Bonchev–Trinajstić information content (AvgIpc) is 3.50. The van der Waals surface area contributed by atoms with E-state index < -0.39 is 17.3 Å². The van der Waals surface area contributed by atoms with Crippen molar-refractivity contribution in [2.45, 2.75) is 43.9 Å². The molecule has 10 nitrogen and oxygen atoms in total. The molecule has 0 unspecified atom stereocenters. The molecule has 4 rings (SSSR count). The van der Waals surface area contributed by atoms with Gasteiger partial charge in [-0.3, -0.25) is 9.59 Å². The van der Waals surface area contributed by atoms with Gasteiger partial charge in [0.15, 0.2) is 0 Å². The Hall–Kier alpha value is -3.66. The molecule has 2 aromatic rings. The van der Waals surface area contributed by atoms with E-state index in [1.54, 1.807) is 12.1 Å². The highest BCUT2D eigenvalue weighted by molar-refractivity contribution is 5.76. The second-order valence-corrected chi connectivity index (χ2v) is 8.79. The van der Waals surface area contributed by atoms with E-state index in [0.29, 0.717) is 31.5 Å². The first-order valence-electron chi connectivity index (χ1n) is 11.7. The Bertz CT molecular complexity index is 1160. The normalized spacial score (nSPS) is 19.9. The summed E-state index contributed by atoms with van der Waals surface area (Å²) >= 11 is 0. The third-order valence-corrected chi connectivity index (χ3v) is 6.34. The van der Waals surface area contributed by atoms with Gasteiger partial charge in [-0.25, -0.2) is 10.1 Å². The minimum Gasteiger partial charge on any atom is -0.379 e. The van der Waals surface area contributed by atoms with Gasteiger partial charge >= 0.3 is 6.18 Å². The zero-order valence-corrected chi connectivity index (χ0v) is 19.4. The number of carbonyl (C=O) groups excluding carboxylic acids is 1. The fourth-order valence-corrected chi connectivity index (χ4v) is 4.62. The smallest absolute Gasteiger partial charge is 0.379 e. The maximum Gasteiger partial charge on any atom is 0.423 e. The molecule has 13 heteroatoms. The number of nitriles is 1. The number of hydrogen-bond donors (Lipinski definition) is 2. The molecule has 2 aromatic heterocycles. The molecule has 2 atom stereocenters. The lowest BCUT2D eigenvalue weighted by molar-refractivity contribution is -0.138. The Morgan fingerprint density at radius 3 is 2.83 bits per heavy atom. The molecule has 0 aliphatic carbocycles. The van der Waals surface area contributed by atoms with Crippen LogP contribution in [0.15, 0.2) is 29.3 Å². The fraction of sp³-hybridized carbons (Fsp3) is 0.522. The Balaban J connectivity index is 1.22. The number of rotatable bonds is 8. The Labute approximate surface area is 205 Å². The average molecular weight is 506 g/mol. The van der Waals surface area contributed by atoms with E-state index in [1.165, 1.54) is 11.1 Å². The van der Waals surface area contributed by atoms with Crippen LogP contribution in [0.5, 0.6) is 0 Å². The number of halogens is 3. The number of H-pyrrole nitrogens is 1. The van der Waals surface area contributed by atoms with Gasteiger partial charge in [-0.2, -0.15) is 23.5 Å². The zero-order valence-electron chi connectivity index (χ0n) is 19.4. The SMILES string of the molecule is N#Cc1ccc(N2CC[C@H](NC(=O)CCOC[C@@H]3CCCN3c3cn[nH]c(=O)c3C(F)(F)F)C2)nc1. The fourth-order valence-electron chi connectivity index (χ4n) is 4.62. The molecule has 2 aliphatic heterocycles. The zero-order chi connectivity index (χ0) is 25.7. The minimum atomic E-state index is -4.80. The largest absolute Gasteiger partial charge is 0.423 e. The standard InChI is InChI=1S/C23H26F3N7O3/c24-23(25,26)21-18(12-29-31-22(21)35)33-7-1-2-17(33)14-36-9-6-20(34)30-16-5-8-32(13-16)19-4-3-15(10-27)11-28-19/h3-4,11-12,16-17H,1-2,5-9,13-14H2,(H,30,34)(H,31,35)/t16-,17-/m0/s1. The van der Waals surface area contributed by atoms with Crippen LogP contribution in [0.25, 0.3) is 0 Å². The topological polar surface area (TPSA) is 127 Å². The third kappa shape index (κ3) is 5.93. The summed E-state index contributed by atoms with van der Waals surface area (Å²) in [6, 6.07) is 5.13. The Morgan fingerprint density at radius 2 is 2.11 bits per heavy atom. The molecule has 2 aliphatic rings. The lowest BCUT2D eigenvalue weighted by Gasteiger charge is -2.28. The van der Waals surface area contributed by atoms with Crippen LogP contribution >= 0.6 is 0 Å². The van der Waals surface area contributed by atoms with Crippen molar-refractivity contribution in [1.82, 2.24) is 20.5 Å². The summed E-state index contributed by atoms with van der Waals surface area (Å²) in [5.74, 6) is 0.579. The Morgan fingerprint density at radius 1 is 1.28 bits per heavy atom. The number of pyridine rings is 1. The molecule has 0 bridgehead atoms. The van der Waals surface area contributed by atoms with Gasteiger partial charge in [0.25, 0.3) is 5.56 Å². The van der Waals surface area contributed by atoms with Gasteiger partial charge in [-0.15, -0.1) is 0 Å². The summed E-state index contributed by atoms with van der Waals surface area (Å²) in [6.07, 6.45) is -0.114. The van der Waals surface area contributed by atoms with E-state index >= 15 is 0 Å². The van der Waals surface area contributed by atoms with Gasteiger partial charge in [-0.1, -0.05) is 0 Å². The van der Waals surface area contributed by atoms with E-state index in [4.69, 9.17) is 10.00 Å². The highest BCUT2D eigenvalue weighted by Gasteiger charge is 2.40. The van der Waals surface area contributed by atoms with Crippen molar-refractivity contribution in [3.8, 4) is 6.07 Å². The third-order valence-electron chi connectivity index (χ3n) is 6.34. The van der Waals surface area contributed by atoms with Crippen LogP contribution in [0.3, 0.4) is 0 Å².